The van der Waals surface area contributed by atoms with Crippen LogP contribution in [0.4, 0.5) is 0 Å². The van der Waals surface area contributed by atoms with E-state index in [9.17, 15) is 21.6 Å². The number of carbonyl (C=O) groups is 1. The molecule has 0 aliphatic heterocycles. The minimum Gasteiger partial charge on any atom is -0.480 e. The lowest BCUT2D eigenvalue weighted by Crippen LogP contribution is -2.34. The minimum absolute atomic E-state index is 0.0959. The smallest absolute Gasteiger partial charge is 0.325 e. The van der Waals surface area contributed by atoms with Gasteiger partial charge in [-0.05, 0) is 0 Å². The van der Waals surface area contributed by atoms with Crippen molar-refractivity contribution in [1.82, 2.24) is 19.2 Å². The van der Waals surface area contributed by atoms with E-state index in [2.05, 4.69) is 14.5 Å². The molecule has 12 heteroatoms. The highest BCUT2D eigenvalue weighted by Crippen LogP contribution is 2.06. The molecule has 0 saturated heterocycles. The largest absolute Gasteiger partial charge is 0.480 e. The van der Waals surface area contributed by atoms with Gasteiger partial charge in [-0.1, -0.05) is 0 Å². The van der Waals surface area contributed by atoms with E-state index in [0.29, 0.717) is 0 Å². The zero-order valence-electron chi connectivity index (χ0n) is 10.5. The molecule has 1 heterocycles. The molecule has 0 radical (unpaired) electrons. The van der Waals surface area contributed by atoms with Crippen LogP contribution < -0.4 is 9.44 Å². The monoisotopic (exact) mass is 326 g/mol. The average Bonchev–Trinajstić information content (AvgIpc) is 2.71. The molecule has 1 aromatic rings. The molecular formula is C8H14N4O6S2. The van der Waals surface area contributed by atoms with Gasteiger partial charge < -0.3 is 5.11 Å². The second kappa shape index (κ2) is 6.30. The molecule has 0 amide bonds. The van der Waals surface area contributed by atoms with Crippen molar-refractivity contribution in [3.05, 3.63) is 12.4 Å². The number of carboxylic acids is 1. The topological polar surface area (TPSA) is 147 Å². The van der Waals surface area contributed by atoms with E-state index in [1.54, 1.807) is 0 Å². The van der Waals surface area contributed by atoms with E-state index in [1.165, 1.54) is 0 Å². The predicted molar refractivity (Wildman–Crippen MR) is 67.9 cm³/mol. The van der Waals surface area contributed by atoms with Crippen LogP contribution in [0, 0.1) is 0 Å². The molecule has 0 aliphatic carbocycles. The third-order valence-electron chi connectivity index (χ3n) is 2.00. The fourth-order valence-corrected chi connectivity index (χ4v) is 2.67. The van der Waals surface area contributed by atoms with Gasteiger partial charge in [0.1, 0.15) is 11.4 Å². The van der Waals surface area contributed by atoms with Gasteiger partial charge in [0.15, 0.2) is 0 Å². The Bertz CT molecular complexity index is 678. The summed E-state index contributed by atoms with van der Waals surface area (Å²) >= 11 is 0. The molecule has 0 unspecified atom stereocenters. The van der Waals surface area contributed by atoms with E-state index in [1.807, 2.05) is 0 Å². The van der Waals surface area contributed by atoms with E-state index in [4.69, 9.17) is 5.11 Å². The van der Waals surface area contributed by atoms with Gasteiger partial charge in [0.25, 0.3) is 0 Å². The molecule has 0 spiro atoms. The number of aromatic nitrogens is 2. The zero-order valence-corrected chi connectivity index (χ0v) is 12.1. The van der Waals surface area contributed by atoms with Crippen LogP contribution in [0.1, 0.15) is 0 Å². The van der Waals surface area contributed by atoms with Gasteiger partial charge in [0.2, 0.25) is 20.0 Å². The Labute approximate surface area is 115 Å². The van der Waals surface area contributed by atoms with Crippen LogP contribution in [0.3, 0.4) is 0 Å². The van der Waals surface area contributed by atoms with E-state index >= 15 is 0 Å². The van der Waals surface area contributed by atoms with Gasteiger partial charge >= 0.3 is 5.97 Å². The number of hydrogen-bond donors (Lipinski definition) is 3. The highest BCUT2D eigenvalue weighted by Gasteiger charge is 2.16. The Morgan fingerprint density at radius 3 is 2.45 bits per heavy atom. The maximum Gasteiger partial charge on any atom is 0.325 e. The highest BCUT2D eigenvalue weighted by molar-refractivity contribution is 7.89. The lowest BCUT2D eigenvalue weighted by molar-refractivity contribution is -0.137. The Hall–Kier alpha value is -1.50. The summed E-state index contributed by atoms with van der Waals surface area (Å²) in [5, 5.41) is 12.1. The van der Waals surface area contributed by atoms with Gasteiger partial charge in [-0.15, -0.1) is 0 Å². The summed E-state index contributed by atoms with van der Waals surface area (Å²) in [6.45, 7) is -0.688. The molecule has 10 nitrogen and oxygen atoms in total. The number of nitrogens with one attached hydrogen (secondary N) is 2. The Kier molecular flexibility index (Phi) is 5.21. The molecule has 0 saturated carbocycles. The molecule has 0 aliphatic rings. The second-order valence-electron chi connectivity index (χ2n) is 3.83. The third kappa shape index (κ3) is 5.64. The second-order valence-corrected chi connectivity index (χ2v) is 7.43. The summed E-state index contributed by atoms with van der Waals surface area (Å²) in [4.78, 5) is 10.2. The Morgan fingerprint density at radius 2 is 1.90 bits per heavy atom. The molecule has 1 rings (SSSR count). The fourth-order valence-electron chi connectivity index (χ4n) is 1.21. The highest BCUT2D eigenvalue weighted by atomic mass is 32.2. The summed E-state index contributed by atoms with van der Waals surface area (Å²) in [5.41, 5.74) is 0. The summed E-state index contributed by atoms with van der Waals surface area (Å²) in [7, 11) is -7.24. The third-order valence-corrected chi connectivity index (χ3v) is 4.14. The van der Waals surface area contributed by atoms with Crippen molar-refractivity contribution in [2.45, 2.75) is 11.4 Å². The minimum atomic E-state index is -3.85. The molecule has 0 aromatic carbocycles. The normalized spacial score (nSPS) is 12.4. The number of carboxylic acid groups (broad SMARTS) is 1. The SMILES string of the molecule is CS(=O)(=O)NCCNS(=O)(=O)c1cnn(CC(=O)O)c1. The average molecular weight is 326 g/mol. The molecule has 0 atom stereocenters. The summed E-state index contributed by atoms with van der Waals surface area (Å²) in [5.74, 6) is -1.15. The van der Waals surface area contributed by atoms with Gasteiger partial charge in [-0.3, -0.25) is 9.48 Å². The molecule has 0 bridgehead atoms. The molecule has 20 heavy (non-hydrogen) atoms. The number of nitrogens with zero attached hydrogens (tertiary/aromatic N) is 2. The summed E-state index contributed by atoms with van der Waals surface area (Å²) in [6, 6.07) is 0. The van der Waals surface area contributed by atoms with Crippen LogP contribution in [-0.4, -0.2) is 57.0 Å². The van der Waals surface area contributed by atoms with Crippen molar-refractivity contribution >= 4 is 26.0 Å². The molecule has 3 N–H and O–H groups in total. The Balaban J connectivity index is 2.60. The molecule has 0 fully saturated rings. The van der Waals surface area contributed by atoms with Crippen LogP contribution in [0.5, 0.6) is 0 Å². The van der Waals surface area contributed by atoms with E-state index in [0.717, 1.165) is 23.3 Å². The lowest BCUT2D eigenvalue weighted by Gasteiger charge is -2.04. The number of rotatable bonds is 8. The van der Waals surface area contributed by atoms with Crippen molar-refractivity contribution < 1.29 is 26.7 Å². The van der Waals surface area contributed by atoms with Crippen LogP contribution in [0.15, 0.2) is 17.3 Å². The van der Waals surface area contributed by atoms with Gasteiger partial charge in [0, 0.05) is 19.3 Å². The predicted octanol–water partition coefficient (Wildman–Crippen LogP) is -2.20. The van der Waals surface area contributed by atoms with Crippen LogP contribution >= 0.6 is 0 Å². The number of aliphatic carboxylic acids is 1. The molecule has 114 valence electrons. The van der Waals surface area contributed by atoms with Gasteiger partial charge in [0.05, 0.1) is 12.5 Å². The van der Waals surface area contributed by atoms with Crippen molar-refractivity contribution in [1.29, 1.82) is 0 Å². The van der Waals surface area contributed by atoms with Crippen molar-refractivity contribution in [3.63, 3.8) is 0 Å². The van der Waals surface area contributed by atoms with Crippen LogP contribution in [-0.2, 0) is 31.4 Å². The zero-order chi connectivity index (χ0) is 15.4. The number of sulfonamides is 2. The number of hydrogen-bond acceptors (Lipinski definition) is 6. The maximum absolute atomic E-state index is 11.8. The first-order chi connectivity index (χ1) is 9.10. The van der Waals surface area contributed by atoms with Gasteiger partial charge in [-0.2, -0.15) is 5.10 Å². The molecular weight excluding hydrogens is 312 g/mol. The van der Waals surface area contributed by atoms with Crippen LogP contribution in [0.2, 0.25) is 0 Å². The quantitative estimate of drug-likeness (QED) is 0.459. The first-order valence-electron chi connectivity index (χ1n) is 5.29. The van der Waals surface area contributed by atoms with E-state index in [-0.39, 0.29) is 18.0 Å². The van der Waals surface area contributed by atoms with E-state index < -0.39 is 32.6 Å². The molecule has 1 aromatic heterocycles. The van der Waals surface area contributed by atoms with Crippen LogP contribution in [0.25, 0.3) is 0 Å². The maximum atomic E-state index is 11.8. The van der Waals surface area contributed by atoms with Crippen molar-refractivity contribution in [3.8, 4) is 0 Å². The first-order valence-corrected chi connectivity index (χ1v) is 8.66. The summed E-state index contributed by atoms with van der Waals surface area (Å²) in [6.07, 6.45) is 3.03. The fraction of sp³-hybridized carbons (Fsp3) is 0.500. The summed E-state index contributed by atoms with van der Waals surface area (Å²) < 4.78 is 50.3. The Morgan fingerprint density at radius 1 is 1.30 bits per heavy atom. The lowest BCUT2D eigenvalue weighted by atomic mass is 10.6. The van der Waals surface area contributed by atoms with Gasteiger partial charge in [-0.25, -0.2) is 26.3 Å². The van der Waals surface area contributed by atoms with Crippen molar-refractivity contribution in [2.75, 3.05) is 19.3 Å². The first kappa shape index (κ1) is 16.6. The standard InChI is InChI=1S/C8H14N4O6S2/c1-19(15,16)10-2-3-11-20(17,18)7-4-9-12(5-7)6-8(13)14/h4-5,10-11H,2-3,6H2,1H3,(H,13,14). The van der Waals surface area contributed by atoms with Crippen molar-refractivity contribution in [2.24, 2.45) is 0 Å².